The number of rotatable bonds is 6. The molecule has 2 heteroatoms. The quantitative estimate of drug-likeness (QED) is 0.788. The SMILES string of the molecule is OCc1ccc(CNCC2(C3CC3)CC2)cc1. The molecule has 0 heterocycles. The molecule has 2 nitrogen and oxygen atoms in total. The minimum atomic E-state index is 0.137. The van der Waals surface area contributed by atoms with E-state index in [0.29, 0.717) is 5.41 Å². The summed E-state index contributed by atoms with van der Waals surface area (Å²) < 4.78 is 0. The molecule has 0 spiro atoms. The highest BCUT2D eigenvalue weighted by Crippen LogP contribution is 2.60. The van der Waals surface area contributed by atoms with E-state index in [0.717, 1.165) is 18.0 Å². The van der Waals surface area contributed by atoms with E-state index >= 15 is 0 Å². The summed E-state index contributed by atoms with van der Waals surface area (Å²) in [4.78, 5) is 0. The Kier molecular flexibility index (Phi) is 2.93. The van der Waals surface area contributed by atoms with E-state index in [1.54, 1.807) is 0 Å². The van der Waals surface area contributed by atoms with Crippen LogP contribution in [0.1, 0.15) is 36.8 Å². The van der Waals surface area contributed by atoms with Gasteiger partial charge >= 0.3 is 0 Å². The van der Waals surface area contributed by atoms with Crippen molar-refractivity contribution in [3.8, 4) is 0 Å². The number of nitrogens with one attached hydrogen (secondary N) is 1. The van der Waals surface area contributed by atoms with Crippen molar-refractivity contribution >= 4 is 0 Å². The lowest BCUT2D eigenvalue weighted by Crippen LogP contribution is -2.24. The Labute approximate surface area is 103 Å². The maximum absolute atomic E-state index is 8.97. The van der Waals surface area contributed by atoms with Crippen molar-refractivity contribution in [2.75, 3.05) is 6.54 Å². The zero-order valence-corrected chi connectivity index (χ0v) is 10.3. The van der Waals surface area contributed by atoms with E-state index in [1.807, 2.05) is 12.1 Å². The Morgan fingerprint density at radius 2 is 1.76 bits per heavy atom. The second kappa shape index (κ2) is 4.43. The third kappa shape index (κ3) is 2.53. The van der Waals surface area contributed by atoms with Gasteiger partial charge in [0.15, 0.2) is 0 Å². The molecule has 3 rings (SSSR count). The molecule has 0 radical (unpaired) electrons. The first-order valence-corrected chi connectivity index (χ1v) is 6.72. The van der Waals surface area contributed by atoms with Crippen LogP contribution in [0, 0.1) is 11.3 Å². The lowest BCUT2D eigenvalue weighted by Gasteiger charge is -2.15. The van der Waals surface area contributed by atoms with E-state index < -0.39 is 0 Å². The monoisotopic (exact) mass is 231 g/mol. The van der Waals surface area contributed by atoms with Crippen molar-refractivity contribution in [1.29, 1.82) is 0 Å². The molecule has 0 aliphatic heterocycles. The second-order valence-electron chi connectivity index (χ2n) is 5.71. The number of benzene rings is 1. The van der Waals surface area contributed by atoms with Gasteiger partial charge in [-0.2, -0.15) is 0 Å². The molecule has 2 aliphatic rings. The Morgan fingerprint density at radius 3 is 2.29 bits per heavy atom. The van der Waals surface area contributed by atoms with Gasteiger partial charge in [0.05, 0.1) is 6.61 Å². The summed E-state index contributed by atoms with van der Waals surface area (Å²) in [5, 5.41) is 12.6. The summed E-state index contributed by atoms with van der Waals surface area (Å²) in [6.07, 6.45) is 5.81. The van der Waals surface area contributed by atoms with Gasteiger partial charge in [-0.05, 0) is 48.1 Å². The molecule has 2 saturated carbocycles. The minimum Gasteiger partial charge on any atom is -0.392 e. The predicted octanol–water partition coefficient (Wildman–Crippen LogP) is 2.46. The molecule has 0 amide bonds. The third-order valence-electron chi connectivity index (χ3n) is 4.35. The first-order chi connectivity index (χ1) is 8.32. The van der Waals surface area contributed by atoms with Crippen LogP contribution in [-0.4, -0.2) is 11.7 Å². The Bertz CT molecular complexity index is 376. The topological polar surface area (TPSA) is 32.3 Å². The minimum absolute atomic E-state index is 0.137. The van der Waals surface area contributed by atoms with Gasteiger partial charge < -0.3 is 10.4 Å². The van der Waals surface area contributed by atoms with Gasteiger partial charge in [-0.25, -0.2) is 0 Å². The average Bonchev–Trinajstić information content (AvgIpc) is 3.23. The lowest BCUT2D eigenvalue weighted by atomic mass is 10.0. The Morgan fingerprint density at radius 1 is 1.12 bits per heavy atom. The molecule has 92 valence electrons. The van der Waals surface area contributed by atoms with Crippen LogP contribution >= 0.6 is 0 Å². The highest BCUT2D eigenvalue weighted by Gasteiger charge is 2.53. The van der Waals surface area contributed by atoms with Crippen LogP contribution < -0.4 is 5.32 Å². The summed E-state index contributed by atoms with van der Waals surface area (Å²) in [5.74, 6) is 1.03. The fraction of sp³-hybridized carbons (Fsp3) is 0.600. The predicted molar refractivity (Wildman–Crippen MR) is 68.5 cm³/mol. The summed E-state index contributed by atoms with van der Waals surface area (Å²) >= 11 is 0. The van der Waals surface area contributed by atoms with Crippen molar-refractivity contribution < 1.29 is 5.11 Å². The molecule has 17 heavy (non-hydrogen) atoms. The molecular weight excluding hydrogens is 210 g/mol. The van der Waals surface area contributed by atoms with Gasteiger partial charge in [-0.3, -0.25) is 0 Å². The molecule has 0 saturated heterocycles. The van der Waals surface area contributed by atoms with Crippen molar-refractivity contribution in [1.82, 2.24) is 5.32 Å². The average molecular weight is 231 g/mol. The van der Waals surface area contributed by atoms with Crippen molar-refractivity contribution in [2.45, 2.75) is 38.8 Å². The van der Waals surface area contributed by atoms with Crippen molar-refractivity contribution in [2.24, 2.45) is 11.3 Å². The number of hydrogen-bond donors (Lipinski definition) is 2. The van der Waals surface area contributed by atoms with E-state index in [4.69, 9.17) is 5.11 Å². The number of hydrogen-bond acceptors (Lipinski definition) is 2. The molecular formula is C15H21NO. The lowest BCUT2D eigenvalue weighted by molar-refractivity contribution is 0.282. The van der Waals surface area contributed by atoms with Crippen LogP contribution in [0.3, 0.4) is 0 Å². The molecule has 2 N–H and O–H groups in total. The summed E-state index contributed by atoms with van der Waals surface area (Å²) in [7, 11) is 0. The van der Waals surface area contributed by atoms with E-state index in [-0.39, 0.29) is 6.61 Å². The first-order valence-electron chi connectivity index (χ1n) is 6.72. The zero-order valence-electron chi connectivity index (χ0n) is 10.3. The number of aliphatic hydroxyl groups excluding tert-OH is 1. The van der Waals surface area contributed by atoms with Crippen LogP contribution in [0.5, 0.6) is 0 Å². The summed E-state index contributed by atoms with van der Waals surface area (Å²) in [6.45, 7) is 2.29. The smallest absolute Gasteiger partial charge is 0.0681 e. The zero-order chi connectivity index (χ0) is 11.7. The normalized spacial score (nSPS) is 21.5. The molecule has 2 aliphatic carbocycles. The standard InChI is InChI=1S/C15H21NO/c17-10-13-3-1-12(2-4-13)9-16-11-15(7-8-15)14-5-6-14/h1-4,14,16-17H,5-11H2. The van der Waals surface area contributed by atoms with Crippen LogP contribution in [0.4, 0.5) is 0 Å². The second-order valence-corrected chi connectivity index (χ2v) is 5.71. The molecule has 0 unspecified atom stereocenters. The maximum atomic E-state index is 8.97. The van der Waals surface area contributed by atoms with Gasteiger partial charge in [0.2, 0.25) is 0 Å². The summed E-state index contributed by atoms with van der Waals surface area (Å²) in [5.41, 5.74) is 2.99. The van der Waals surface area contributed by atoms with Crippen molar-refractivity contribution in [3.63, 3.8) is 0 Å². The van der Waals surface area contributed by atoms with Crippen LogP contribution in [0.15, 0.2) is 24.3 Å². The summed E-state index contributed by atoms with van der Waals surface area (Å²) in [6, 6.07) is 8.22. The largest absolute Gasteiger partial charge is 0.392 e. The van der Waals surface area contributed by atoms with Gasteiger partial charge in [-0.1, -0.05) is 24.3 Å². The third-order valence-corrected chi connectivity index (χ3v) is 4.35. The first kappa shape index (κ1) is 11.2. The van der Waals surface area contributed by atoms with Crippen LogP contribution in [0.2, 0.25) is 0 Å². The van der Waals surface area contributed by atoms with Crippen LogP contribution in [-0.2, 0) is 13.2 Å². The molecule has 1 aromatic carbocycles. The van der Waals surface area contributed by atoms with Gasteiger partial charge in [-0.15, -0.1) is 0 Å². The Hall–Kier alpha value is -0.860. The number of aliphatic hydroxyl groups is 1. The van der Waals surface area contributed by atoms with E-state index in [1.165, 1.54) is 37.8 Å². The Balaban J connectivity index is 1.47. The fourth-order valence-corrected chi connectivity index (χ4v) is 2.80. The molecule has 2 fully saturated rings. The maximum Gasteiger partial charge on any atom is 0.0681 e. The van der Waals surface area contributed by atoms with Gasteiger partial charge in [0.25, 0.3) is 0 Å². The van der Waals surface area contributed by atoms with E-state index in [9.17, 15) is 0 Å². The highest BCUT2D eigenvalue weighted by molar-refractivity contribution is 5.21. The molecule has 1 aromatic rings. The molecule has 0 aromatic heterocycles. The molecule has 0 atom stereocenters. The van der Waals surface area contributed by atoms with Crippen LogP contribution in [0.25, 0.3) is 0 Å². The highest BCUT2D eigenvalue weighted by atomic mass is 16.3. The van der Waals surface area contributed by atoms with E-state index in [2.05, 4.69) is 17.4 Å². The molecule has 0 bridgehead atoms. The van der Waals surface area contributed by atoms with Gasteiger partial charge in [0, 0.05) is 13.1 Å². The fourth-order valence-electron chi connectivity index (χ4n) is 2.80. The van der Waals surface area contributed by atoms with Gasteiger partial charge in [0.1, 0.15) is 0 Å². The van der Waals surface area contributed by atoms with Crippen molar-refractivity contribution in [3.05, 3.63) is 35.4 Å².